The zero-order valence-corrected chi connectivity index (χ0v) is 18.0. The lowest BCUT2D eigenvalue weighted by atomic mass is 9.89. The molecule has 0 aromatic heterocycles. The van der Waals surface area contributed by atoms with Gasteiger partial charge in [-0.05, 0) is 48.4 Å². The minimum atomic E-state index is -0.537. The van der Waals surface area contributed by atoms with Crippen LogP contribution in [0.4, 0.5) is 5.69 Å². The van der Waals surface area contributed by atoms with E-state index in [0.29, 0.717) is 18.4 Å². The van der Waals surface area contributed by atoms with Crippen molar-refractivity contribution in [3.63, 3.8) is 0 Å². The first-order chi connectivity index (χ1) is 15.0. The molecule has 2 aromatic carbocycles. The van der Waals surface area contributed by atoms with Crippen molar-refractivity contribution in [2.45, 2.75) is 45.1 Å². The fourth-order valence-electron chi connectivity index (χ4n) is 4.82. The number of fused-ring (bicyclic) bond motifs is 1. The van der Waals surface area contributed by atoms with Crippen molar-refractivity contribution in [1.29, 1.82) is 5.26 Å². The molecule has 2 aliphatic rings. The van der Waals surface area contributed by atoms with Crippen LogP contribution in [0.5, 0.6) is 5.75 Å². The third-order valence-electron chi connectivity index (χ3n) is 6.19. The number of rotatable bonds is 7. The van der Waals surface area contributed by atoms with E-state index < -0.39 is 4.92 Å². The van der Waals surface area contributed by atoms with Crippen molar-refractivity contribution >= 4 is 11.8 Å². The Bertz CT molecular complexity index is 1050. The molecule has 6 nitrogen and oxygen atoms in total. The van der Waals surface area contributed by atoms with Crippen LogP contribution in [-0.4, -0.2) is 29.0 Å². The number of nitro groups is 1. The Balaban J connectivity index is 1.55. The molecule has 4 rings (SSSR count). The van der Waals surface area contributed by atoms with Gasteiger partial charge in [-0.25, -0.2) is 0 Å². The van der Waals surface area contributed by atoms with Gasteiger partial charge >= 0.3 is 0 Å². The minimum absolute atomic E-state index is 0.0118. The maximum atomic E-state index is 11.2. The smallest absolute Gasteiger partial charge is 0.290 e. The number of hydrogen-bond acceptors (Lipinski definition) is 5. The van der Waals surface area contributed by atoms with E-state index in [0.717, 1.165) is 25.8 Å². The number of allylic oxidation sites excluding steroid dienone is 1. The van der Waals surface area contributed by atoms with E-state index in [1.165, 1.54) is 22.9 Å². The third-order valence-corrected chi connectivity index (χ3v) is 6.19. The predicted molar refractivity (Wildman–Crippen MR) is 120 cm³/mol. The van der Waals surface area contributed by atoms with Crippen LogP contribution in [-0.2, 0) is 0 Å². The number of nitrogens with zero attached hydrogens (tertiary/aromatic N) is 3. The number of nitriles is 1. The molecule has 1 unspecified atom stereocenters. The number of ether oxygens (including phenoxy) is 1. The first kappa shape index (κ1) is 20.9. The van der Waals surface area contributed by atoms with Gasteiger partial charge in [0.2, 0.25) is 0 Å². The average molecular weight is 418 g/mol. The monoisotopic (exact) mass is 417 g/mol. The van der Waals surface area contributed by atoms with Gasteiger partial charge in [0.05, 0.1) is 11.0 Å². The summed E-state index contributed by atoms with van der Waals surface area (Å²) < 4.78 is 5.99. The van der Waals surface area contributed by atoms with Gasteiger partial charge in [-0.2, -0.15) is 5.26 Å². The summed E-state index contributed by atoms with van der Waals surface area (Å²) in [6.07, 6.45) is 5.49. The lowest BCUT2D eigenvalue weighted by Crippen LogP contribution is -2.35. The molecule has 0 amide bonds. The van der Waals surface area contributed by atoms with Crippen molar-refractivity contribution in [1.82, 2.24) is 4.90 Å². The number of hydrogen-bond donors (Lipinski definition) is 0. The number of likely N-dealkylation sites (tertiary alicyclic amines) is 1. The lowest BCUT2D eigenvalue weighted by Gasteiger charge is -2.32. The van der Waals surface area contributed by atoms with Crippen LogP contribution >= 0.6 is 0 Å². The highest BCUT2D eigenvalue weighted by atomic mass is 16.6. The molecule has 1 aliphatic carbocycles. The second-order valence-electron chi connectivity index (χ2n) is 8.70. The normalized spacial score (nSPS) is 19.8. The zero-order valence-electron chi connectivity index (χ0n) is 18.0. The van der Waals surface area contributed by atoms with E-state index in [1.54, 1.807) is 12.1 Å². The Morgan fingerprint density at radius 3 is 2.81 bits per heavy atom. The molecule has 1 heterocycles. The van der Waals surface area contributed by atoms with Crippen molar-refractivity contribution in [2.75, 3.05) is 13.2 Å². The van der Waals surface area contributed by atoms with Crippen molar-refractivity contribution in [2.24, 2.45) is 5.92 Å². The largest absolute Gasteiger partial charge is 0.490 e. The van der Waals surface area contributed by atoms with Crippen molar-refractivity contribution in [3.05, 3.63) is 75.0 Å². The second-order valence-corrected chi connectivity index (χ2v) is 8.70. The molecule has 0 bridgehead atoms. The second kappa shape index (κ2) is 8.81. The summed E-state index contributed by atoms with van der Waals surface area (Å²) in [6, 6.07) is 15.3. The number of nitro benzene ring substituents is 1. The zero-order chi connectivity index (χ0) is 22.0. The van der Waals surface area contributed by atoms with Crippen LogP contribution in [0.1, 0.15) is 55.7 Å². The molecule has 0 radical (unpaired) electrons. The first-order valence-electron chi connectivity index (χ1n) is 10.9. The summed E-state index contributed by atoms with van der Waals surface area (Å²) in [6.45, 7) is 5.89. The first-order valence-corrected chi connectivity index (χ1v) is 10.9. The summed E-state index contributed by atoms with van der Waals surface area (Å²) in [5, 5.41) is 20.7. The van der Waals surface area contributed by atoms with E-state index in [2.05, 4.69) is 49.1 Å². The molecule has 0 N–H and O–H groups in total. The lowest BCUT2D eigenvalue weighted by molar-refractivity contribution is -0.385. The highest BCUT2D eigenvalue weighted by Crippen LogP contribution is 2.44. The summed E-state index contributed by atoms with van der Waals surface area (Å²) in [7, 11) is 0. The van der Waals surface area contributed by atoms with Crippen LogP contribution in [0.15, 0.2) is 48.2 Å². The van der Waals surface area contributed by atoms with Gasteiger partial charge in [-0.15, -0.1) is 0 Å². The third kappa shape index (κ3) is 4.13. The Labute approximate surface area is 182 Å². The average Bonchev–Trinajstić information content (AvgIpc) is 3.36. The maximum Gasteiger partial charge on any atom is 0.290 e. The minimum Gasteiger partial charge on any atom is -0.490 e. The molecule has 2 aromatic rings. The highest BCUT2D eigenvalue weighted by molar-refractivity contribution is 5.66. The SMILES string of the molecule is CC(C)CC1C(N2CCC[C@@H]2COc2cccc([N+](=O)[O-])c2C#N)=Cc2ccccc21. The molecule has 1 fully saturated rings. The molecule has 1 saturated heterocycles. The molecule has 0 spiro atoms. The molecular weight excluding hydrogens is 390 g/mol. The van der Waals surface area contributed by atoms with Crippen molar-refractivity contribution < 1.29 is 9.66 Å². The quantitative estimate of drug-likeness (QED) is 0.439. The van der Waals surface area contributed by atoms with Gasteiger partial charge in [0.25, 0.3) is 5.69 Å². The van der Waals surface area contributed by atoms with Gasteiger partial charge in [0, 0.05) is 24.2 Å². The molecule has 2 atom stereocenters. The molecule has 1 aliphatic heterocycles. The molecular formula is C25H27N3O3. The predicted octanol–water partition coefficient (Wildman–Crippen LogP) is 5.49. The standard InChI is InChI=1S/C25H27N3O3/c1-17(2)13-21-20-9-4-3-7-18(20)14-24(21)27-12-6-8-19(27)16-31-25-11-5-10-23(28(29)30)22(25)15-26/h3-5,7,9-11,14,17,19,21H,6,8,12-13,16H2,1-2H3/t19-,21?/m1/s1. The molecule has 31 heavy (non-hydrogen) atoms. The number of benzene rings is 2. The Morgan fingerprint density at radius 2 is 2.06 bits per heavy atom. The maximum absolute atomic E-state index is 11.2. The van der Waals surface area contributed by atoms with Crippen LogP contribution < -0.4 is 4.74 Å². The summed E-state index contributed by atoms with van der Waals surface area (Å²) in [4.78, 5) is 13.2. The fraction of sp³-hybridized carbons (Fsp3) is 0.400. The van der Waals surface area contributed by atoms with E-state index in [1.807, 2.05) is 6.07 Å². The van der Waals surface area contributed by atoms with Gasteiger partial charge in [-0.1, -0.05) is 44.2 Å². The van der Waals surface area contributed by atoms with Crippen LogP contribution in [0.3, 0.4) is 0 Å². The fourth-order valence-corrected chi connectivity index (χ4v) is 4.82. The molecule has 6 heteroatoms. The van der Waals surface area contributed by atoms with Crippen molar-refractivity contribution in [3.8, 4) is 11.8 Å². The molecule has 160 valence electrons. The van der Waals surface area contributed by atoms with Crippen LogP contribution in [0.25, 0.3) is 6.08 Å². The summed E-state index contributed by atoms with van der Waals surface area (Å²) >= 11 is 0. The topological polar surface area (TPSA) is 79.4 Å². The van der Waals surface area contributed by atoms with Gasteiger partial charge in [0.15, 0.2) is 5.56 Å². The van der Waals surface area contributed by atoms with E-state index >= 15 is 0 Å². The van der Waals surface area contributed by atoms with Crippen LogP contribution in [0, 0.1) is 27.4 Å². The summed E-state index contributed by atoms with van der Waals surface area (Å²) in [5.41, 5.74) is 3.81. The van der Waals surface area contributed by atoms with Gasteiger partial charge in [-0.3, -0.25) is 10.1 Å². The molecule has 0 saturated carbocycles. The Hall–Kier alpha value is -3.33. The van der Waals surface area contributed by atoms with Crippen LogP contribution in [0.2, 0.25) is 0 Å². The Kier molecular flexibility index (Phi) is 5.94. The van der Waals surface area contributed by atoms with Gasteiger partial charge in [0.1, 0.15) is 18.4 Å². The van der Waals surface area contributed by atoms with E-state index in [-0.39, 0.29) is 23.0 Å². The van der Waals surface area contributed by atoms with E-state index in [4.69, 9.17) is 4.74 Å². The Morgan fingerprint density at radius 1 is 1.26 bits per heavy atom. The highest BCUT2D eigenvalue weighted by Gasteiger charge is 2.35. The van der Waals surface area contributed by atoms with Gasteiger partial charge < -0.3 is 9.64 Å². The summed E-state index contributed by atoms with van der Waals surface area (Å²) in [5.74, 6) is 1.25. The van der Waals surface area contributed by atoms with E-state index in [9.17, 15) is 15.4 Å².